The van der Waals surface area contributed by atoms with Crippen LogP contribution in [0.25, 0.3) is 11.1 Å². The summed E-state index contributed by atoms with van der Waals surface area (Å²) in [5, 5.41) is 14.4. The number of pyridine rings is 1. The van der Waals surface area contributed by atoms with Crippen LogP contribution in [0.15, 0.2) is 66.9 Å². The molecule has 1 aliphatic rings. The zero-order chi connectivity index (χ0) is 24.8. The van der Waals surface area contributed by atoms with E-state index in [0.29, 0.717) is 0 Å². The van der Waals surface area contributed by atoms with Gasteiger partial charge >= 0.3 is 12.1 Å². The van der Waals surface area contributed by atoms with Gasteiger partial charge in [0, 0.05) is 30.8 Å². The van der Waals surface area contributed by atoms with Gasteiger partial charge in [-0.1, -0.05) is 54.6 Å². The molecule has 0 saturated carbocycles. The van der Waals surface area contributed by atoms with Gasteiger partial charge in [0.05, 0.1) is 0 Å². The normalized spacial score (nSPS) is 12.8. The Bertz CT molecular complexity index is 1200. The van der Waals surface area contributed by atoms with E-state index in [-0.39, 0.29) is 31.9 Å². The minimum absolute atomic E-state index is 0.0582. The molecule has 2 amide bonds. The minimum atomic E-state index is -1.06. The average molecular weight is 474 g/mol. The Labute approximate surface area is 203 Å². The lowest BCUT2D eigenvalue weighted by Crippen LogP contribution is -2.47. The molecule has 8 heteroatoms. The average Bonchev–Trinajstić information content (AvgIpc) is 3.18. The first kappa shape index (κ1) is 23.9. The quantitative estimate of drug-likeness (QED) is 0.435. The SMILES string of the molecule is Cc1ncccc1CNC(=O)C(CCC(=O)O)NC(=O)OCC1c2ccccc2-c2ccccc21. The first-order valence-electron chi connectivity index (χ1n) is 11.5. The highest BCUT2D eigenvalue weighted by molar-refractivity contribution is 5.86. The van der Waals surface area contributed by atoms with Crippen molar-refractivity contribution in [3.8, 4) is 11.1 Å². The second kappa shape index (κ2) is 10.8. The summed E-state index contributed by atoms with van der Waals surface area (Å²) in [6.07, 6.45) is 0.565. The molecule has 0 fully saturated rings. The first-order valence-corrected chi connectivity index (χ1v) is 11.5. The molecule has 1 aliphatic carbocycles. The molecule has 1 unspecified atom stereocenters. The Hall–Kier alpha value is -4.20. The summed E-state index contributed by atoms with van der Waals surface area (Å²) in [4.78, 5) is 40.7. The first-order chi connectivity index (χ1) is 16.9. The Balaban J connectivity index is 1.39. The second-order valence-electron chi connectivity index (χ2n) is 8.42. The number of hydrogen-bond donors (Lipinski definition) is 3. The number of alkyl carbamates (subject to hydrolysis) is 1. The van der Waals surface area contributed by atoms with Gasteiger partial charge in [-0.25, -0.2) is 4.79 Å². The second-order valence-corrected chi connectivity index (χ2v) is 8.42. The highest BCUT2D eigenvalue weighted by Gasteiger charge is 2.30. The van der Waals surface area contributed by atoms with E-state index in [9.17, 15) is 14.4 Å². The Morgan fingerprint density at radius 2 is 1.66 bits per heavy atom. The van der Waals surface area contributed by atoms with Gasteiger partial charge in [-0.3, -0.25) is 14.6 Å². The summed E-state index contributed by atoms with van der Waals surface area (Å²) in [7, 11) is 0. The number of aliphatic carboxylic acids is 1. The number of aryl methyl sites for hydroxylation is 1. The molecule has 2 aromatic carbocycles. The molecule has 1 heterocycles. The van der Waals surface area contributed by atoms with E-state index in [1.807, 2.05) is 61.5 Å². The highest BCUT2D eigenvalue weighted by Crippen LogP contribution is 2.44. The lowest BCUT2D eigenvalue weighted by Gasteiger charge is -2.19. The van der Waals surface area contributed by atoms with E-state index in [2.05, 4.69) is 15.6 Å². The summed E-state index contributed by atoms with van der Waals surface area (Å²) in [5.41, 5.74) is 5.99. The van der Waals surface area contributed by atoms with Gasteiger partial charge in [0.2, 0.25) is 5.91 Å². The summed E-state index contributed by atoms with van der Waals surface area (Å²) < 4.78 is 5.52. The topological polar surface area (TPSA) is 118 Å². The fourth-order valence-electron chi connectivity index (χ4n) is 4.33. The largest absolute Gasteiger partial charge is 0.481 e. The maximum atomic E-state index is 12.8. The standard InChI is InChI=1S/C27H27N3O5/c1-17-18(7-6-14-28-17)15-29-26(33)24(12-13-25(31)32)30-27(34)35-16-23-21-10-4-2-8-19(21)20-9-3-5-11-22(20)23/h2-11,14,23-24H,12-13,15-16H2,1H3,(H,29,33)(H,30,34)(H,31,32). The lowest BCUT2D eigenvalue weighted by molar-refractivity contribution is -0.137. The predicted octanol–water partition coefficient (Wildman–Crippen LogP) is 3.78. The number of rotatable bonds is 9. The van der Waals surface area contributed by atoms with Crippen LogP contribution in [0.3, 0.4) is 0 Å². The van der Waals surface area contributed by atoms with E-state index in [1.54, 1.807) is 12.3 Å². The van der Waals surface area contributed by atoms with E-state index in [4.69, 9.17) is 9.84 Å². The van der Waals surface area contributed by atoms with Crippen LogP contribution in [0.1, 0.15) is 41.1 Å². The van der Waals surface area contributed by atoms with E-state index < -0.39 is 24.0 Å². The van der Waals surface area contributed by atoms with Crippen LogP contribution < -0.4 is 10.6 Å². The van der Waals surface area contributed by atoms with Crippen molar-refractivity contribution in [3.63, 3.8) is 0 Å². The highest BCUT2D eigenvalue weighted by atomic mass is 16.5. The Kier molecular flexibility index (Phi) is 7.40. The Morgan fingerprint density at radius 3 is 2.29 bits per heavy atom. The Morgan fingerprint density at radius 1 is 1.00 bits per heavy atom. The van der Waals surface area contributed by atoms with Gasteiger partial charge in [-0.15, -0.1) is 0 Å². The molecule has 0 bridgehead atoms. The molecule has 35 heavy (non-hydrogen) atoms. The van der Waals surface area contributed by atoms with Crippen molar-refractivity contribution < 1.29 is 24.2 Å². The van der Waals surface area contributed by atoms with E-state index in [1.165, 1.54) is 0 Å². The molecule has 0 saturated heterocycles. The number of carboxylic acids is 1. The van der Waals surface area contributed by atoms with Crippen LogP contribution >= 0.6 is 0 Å². The summed E-state index contributed by atoms with van der Waals surface area (Å²) in [6, 6.07) is 18.6. The maximum absolute atomic E-state index is 12.8. The molecule has 3 N–H and O–H groups in total. The molecule has 1 atom stereocenters. The number of hydrogen-bond acceptors (Lipinski definition) is 5. The molecule has 1 aromatic heterocycles. The molecule has 4 rings (SSSR count). The minimum Gasteiger partial charge on any atom is -0.481 e. The van der Waals surface area contributed by atoms with Crippen molar-refractivity contribution in [1.29, 1.82) is 0 Å². The van der Waals surface area contributed by atoms with Crippen LogP contribution in [0.5, 0.6) is 0 Å². The van der Waals surface area contributed by atoms with Crippen LogP contribution in [0.2, 0.25) is 0 Å². The van der Waals surface area contributed by atoms with Crippen LogP contribution in [-0.4, -0.2) is 40.7 Å². The number of carbonyl (C=O) groups excluding carboxylic acids is 2. The summed E-state index contributed by atoms with van der Waals surface area (Å²) in [6.45, 7) is 2.15. The van der Waals surface area contributed by atoms with Crippen LogP contribution in [0, 0.1) is 6.92 Å². The third kappa shape index (κ3) is 5.66. The van der Waals surface area contributed by atoms with Crippen molar-refractivity contribution in [2.45, 2.75) is 38.3 Å². The van der Waals surface area contributed by atoms with Crippen molar-refractivity contribution in [2.75, 3.05) is 6.61 Å². The predicted molar refractivity (Wildman–Crippen MR) is 130 cm³/mol. The molecule has 3 aromatic rings. The van der Waals surface area contributed by atoms with E-state index >= 15 is 0 Å². The van der Waals surface area contributed by atoms with Gasteiger partial charge in [0.15, 0.2) is 0 Å². The van der Waals surface area contributed by atoms with Crippen LogP contribution in [-0.2, 0) is 20.9 Å². The van der Waals surface area contributed by atoms with Crippen LogP contribution in [0.4, 0.5) is 4.79 Å². The van der Waals surface area contributed by atoms with Crippen molar-refractivity contribution in [2.24, 2.45) is 0 Å². The lowest BCUT2D eigenvalue weighted by atomic mass is 9.98. The number of nitrogens with zero attached hydrogens (tertiary/aromatic N) is 1. The van der Waals surface area contributed by atoms with Gasteiger partial charge in [0.25, 0.3) is 0 Å². The number of amides is 2. The zero-order valence-electron chi connectivity index (χ0n) is 19.4. The number of aromatic nitrogens is 1. The summed E-state index contributed by atoms with van der Waals surface area (Å²) in [5.74, 6) is -1.66. The molecule has 180 valence electrons. The van der Waals surface area contributed by atoms with Gasteiger partial charge in [-0.2, -0.15) is 0 Å². The number of fused-ring (bicyclic) bond motifs is 3. The molecule has 0 aliphatic heterocycles. The van der Waals surface area contributed by atoms with Crippen molar-refractivity contribution in [3.05, 3.63) is 89.2 Å². The third-order valence-corrected chi connectivity index (χ3v) is 6.17. The smallest absolute Gasteiger partial charge is 0.407 e. The monoisotopic (exact) mass is 473 g/mol. The molecular weight excluding hydrogens is 446 g/mol. The fraction of sp³-hybridized carbons (Fsp3) is 0.259. The van der Waals surface area contributed by atoms with Gasteiger partial charge < -0.3 is 20.5 Å². The van der Waals surface area contributed by atoms with Crippen molar-refractivity contribution in [1.82, 2.24) is 15.6 Å². The number of ether oxygens (including phenoxy) is 1. The van der Waals surface area contributed by atoms with Gasteiger partial charge in [0.1, 0.15) is 12.6 Å². The maximum Gasteiger partial charge on any atom is 0.407 e. The number of benzene rings is 2. The van der Waals surface area contributed by atoms with Crippen molar-refractivity contribution >= 4 is 18.0 Å². The summed E-state index contributed by atoms with van der Waals surface area (Å²) >= 11 is 0. The fourth-order valence-corrected chi connectivity index (χ4v) is 4.33. The number of carboxylic acid groups (broad SMARTS) is 1. The zero-order valence-corrected chi connectivity index (χ0v) is 19.4. The number of carbonyl (C=O) groups is 3. The molecule has 0 spiro atoms. The number of nitrogens with one attached hydrogen (secondary N) is 2. The molecular formula is C27H27N3O5. The molecule has 8 nitrogen and oxygen atoms in total. The van der Waals surface area contributed by atoms with Gasteiger partial charge in [-0.05, 0) is 47.2 Å². The van der Waals surface area contributed by atoms with E-state index in [0.717, 1.165) is 33.5 Å². The molecule has 0 radical (unpaired) electrons. The third-order valence-electron chi connectivity index (χ3n) is 6.17.